The maximum atomic E-state index is 12.7. The lowest BCUT2D eigenvalue weighted by atomic mass is 10.3. The monoisotopic (exact) mass is 390 g/mol. The molecule has 0 bridgehead atoms. The number of carbonyl (C=O) groups excluding carboxylic acids is 2. The summed E-state index contributed by atoms with van der Waals surface area (Å²) in [7, 11) is 3.39. The van der Waals surface area contributed by atoms with E-state index in [0.717, 1.165) is 5.69 Å². The highest BCUT2D eigenvalue weighted by atomic mass is 35.5. The van der Waals surface area contributed by atoms with Gasteiger partial charge in [0.25, 0.3) is 11.8 Å². The topological polar surface area (TPSA) is 112 Å². The van der Waals surface area contributed by atoms with E-state index in [9.17, 15) is 9.59 Å². The summed E-state index contributed by atoms with van der Waals surface area (Å²) in [6.45, 7) is 4.16. The van der Waals surface area contributed by atoms with Crippen molar-refractivity contribution in [2.24, 2.45) is 14.1 Å². The van der Waals surface area contributed by atoms with Crippen LogP contribution in [0.25, 0.3) is 0 Å². The van der Waals surface area contributed by atoms with E-state index >= 15 is 0 Å². The number of rotatable bonds is 5. The number of carbonyl (C=O) groups is 2. The van der Waals surface area contributed by atoms with Crippen LogP contribution in [0.4, 0.5) is 11.4 Å². The third-order valence-electron chi connectivity index (χ3n) is 4.19. The summed E-state index contributed by atoms with van der Waals surface area (Å²) < 4.78 is 4.51. The highest BCUT2D eigenvalue weighted by molar-refractivity contribution is 6.34. The van der Waals surface area contributed by atoms with Crippen molar-refractivity contribution in [3.8, 4) is 0 Å². The number of hydrogen-bond donors (Lipinski definition) is 2. The number of hydrogen-bond acceptors (Lipinski definition) is 5. The summed E-state index contributed by atoms with van der Waals surface area (Å²) in [6, 6.07) is 0. The van der Waals surface area contributed by atoms with Gasteiger partial charge in [0.05, 0.1) is 40.7 Å². The van der Waals surface area contributed by atoms with Gasteiger partial charge in [0.1, 0.15) is 11.4 Å². The zero-order valence-corrected chi connectivity index (χ0v) is 16.1. The Morgan fingerprint density at radius 3 is 2.19 bits per heavy atom. The van der Waals surface area contributed by atoms with Crippen LogP contribution >= 0.6 is 11.6 Å². The molecule has 2 N–H and O–H groups in total. The maximum Gasteiger partial charge on any atom is 0.276 e. The Labute approximate surface area is 160 Å². The standard InChI is InChI=1S/C16H19ClN8O2/c1-5-25-13(10(17)6-20-25)15(26)22-12-8-19-24(4)14(12)16(27)21-11-7-18-23(3)9(11)2/h6-8H,5H2,1-4H3,(H,21,27)(H,22,26). The zero-order chi connectivity index (χ0) is 19.7. The predicted octanol–water partition coefficient (Wildman–Crippen LogP) is 1.84. The first-order valence-electron chi connectivity index (χ1n) is 8.18. The summed E-state index contributed by atoms with van der Waals surface area (Å²) in [5.41, 5.74) is 2.06. The molecule has 0 spiro atoms. The van der Waals surface area contributed by atoms with Gasteiger partial charge >= 0.3 is 0 Å². The fourth-order valence-electron chi connectivity index (χ4n) is 2.61. The molecule has 0 aliphatic carbocycles. The number of amides is 2. The SMILES string of the molecule is CCn1ncc(Cl)c1C(=O)Nc1cnn(C)c1C(=O)Nc1cnn(C)c1C. The quantitative estimate of drug-likeness (QED) is 0.690. The van der Waals surface area contributed by atoms with Gasteiger partial charge in [0.2, 0.25) is 0 Å². The van der Waals surface area contributed by atoms with Gasteiger partial charge in [-0.25, -0.2) is 0 Å². The number of aryl methyl sites for hydroxylation is 3. The van der Waals surface area contributed by atoms with Crippen LogP contribution < -0.4 is 10.6 Å². The molecule has 0 unspecified atom stereocenters. The molecule has 2 amide bonds. The molecule has 3 aromatic rings. The lowest BCUT2D eigenvalue weighted by molar-refractivity contribution is 0.101. The van der Waals surface area contributed by atoms with Crippen molar-refractivity contribution in [1.82, 2.24) is 29.3 Å². The molecule has 0 aliphatic heterocycles. The summed E-state index contributed by atoms with van der Waals surface area (Å²) in [5, 5.41) is 17.9. The Morgan fingerprint density at radius 1 is 0.963 bits per heavy atom. The lowest BCUT2D eigenvalue weighted by Gasteiger charge is -2.09. The van der Waals surface area contributed by atoms with E-state index in [1.54, 1.807) is 25.0 Å². The van der Waals surface area contributed by atoms with Crippen LogP contribution in [0.2, 0.25) is 5.02 Å². The molecule has 0 radical (unpaired) electrons. The van der Waals surface area contributed by atoms with Gasteiger partial charge in [0, 0.05) is 20.6 Å². The average molecular weight is 391 g/mol. The molecule has 27 heavy (non-hydrogen) atoms. The Balaban J connectivity index is 1.86. The summed E-state index contributed by atoms with van der Waals surface area (Å²) in [4.78, 5) is 25.4. The highest BCUT2D eigenvalue weighted by Crippen LogP contribution is 2.21. The second kappa shape index (κ2) is 7.23. The predicted molar refractivity (Wildman–Crippen MR) is 100.0 cm³/mol. The van der Waals surface area contributed by atoms with Gasteiger partial charge < -0.3 is 10.6 Å². The first kappa shape index (κ1) is 18.6. The molecule has 11 heteroatoms. The van der Waals surface area contributed by atoms with E-state index in [4.69, 9.17) is 11.6 Å². The van der Waals surface area contributed by atoms with Crippen LogP contribution in [0.3, 0.4) is 0 Å². The van der Waals surface area contributed by atoms with E-state index in [2.05, 4.69) is 25.9 Å². The Bertz CT molecular complexity index is 1020. The van der Waals surface area contributed by atoms with Crippen LogP contribution in [0, 0.1) is 6.92 Å². The first-order chi connectivity index (χ1) is 12.8. The molecule has 0 fully saturated rings. The van der Waals surface area contributed by atoms with Crippen LogP contribution in [0.5, 0.6) is 0 Å². The van der Waals surface area contributed by atoms with Crippen LogP contribution in [-0.4, -0.2) is 41.2 Å². The number of anilines is 2. The van der Waals surface area contributed by atoms with Crippen molar-refractivity contribution in [1.29, 1.82) is 0 Å². The Hall–Kier alpha value is -3.14. The third kappa shape index (κ3) is 3.43. The van der Waals surface area contributed by atoms with E-state index in [1.165, 1.54) is 21.8 Å². The minimum atomic E-state index is -0.473. The van der Waals surface area contributed by atoms with E-state index < -0.39 is 11.8 Å². The van der Waals surface area contributed by atoms with E-state index in [0.29, 0.717) is 12.2 Å². The molecule has 3 rings (SSSR count). The smallest absolute Gasteiger partial charge is 0.276 e. The molecule has 0 atom stereocenters. The third-order valence-corrected chi connectivity index (χ3v) is 4.47. The van der Waals surface area contributed by atoms with Crippen LogP contribution in [-0.2, 0) is 20.6 Å². The number of nitrogens with zero attached hydrogens (tertiary/aromatic N) is 6. The largest absolute Gasteiger partial charge is 0.318 e. The van der Waals surface area contributed by atoms with E-state index in [-0.39, 0.29) is 22.1 Å². The second-order valence-corrected chi connectivity index (χ2v) is 6.27. The van der Waals surface area contributed by atoms with Gasteiger partial charge in [-0.1, -0.05) is 11.6 Å². The summed E-state index contributed by atoms with van der Waals surface area (Å²) in [5.74, 6) is -0.893. The van der Waals surface area contributed by atoms with Gasteiger partial charge in [-0.05, 0) is 13.8 Å². The molecular formula is C16H19ClN8O2. The van der Waals surface area contributed by atoms with Crippen molar-refractivity contribution in [2.45, 2.75) is 20.4 Å². The molecule has 0 aliphatic rings. The van der Waals surface area contributed by atoms with Crippen molar-refractivity contribution in [2.75, 3.05) is 10.6 Å². The molecule has 10 nitrogen and oxygen atoms in total. The van der Waals surface area contributed by atoms with Gasteiger partial charge in [-0.15, -0.1) is 0 Å². The van der Waals surface area contributed by atoms with Crippen molar-refractivity contribution in [3.63, 3.8) is 0 Å². The Morgan fingerprint density at radius 2 is 1.56 bits per heavy atom. The fourth-order valence-corrected chi connectivity index (χ4v) is 2.84. The zero-order valence-electron chi connectivity index (χ0n) is 15.3. The highest BCUT2D eigenvalue weighted by Gasteiger charge is 2.23. The Kier molecular flexibility index (Phi) is 5.00. The minimum Gasteiger partial charge on any atom is -0.318 e. The van der Waals surface area contributed by atoms with E-state index in [1.807, 2.05) is 13.8 Å². The summed E-state index contributed by atoms with van der Waals surface area (Å²) >= 11 is 6.07. The van der Waals surface area contributed by atoms with Crippen LogP contribution in [0.15, 0.2) is 18.6 Å². The lowest BCUT2D eigenvalue weighted by Crippen LogP contribution is -2.22. The van der Waals surface area contributed by atoms with Gasteiger partial charge in [0.15, 0.2) is 0 Å². The molecule has 0 saturated carbocycles. The minimum absolute atomic E-state index is 0.199. The van der Waals surface area contributed by atoms with Crippen LogP contribution in [0.1, 0.15) is 33.6 Å². The second-order valence-electron chi connectivity index (χ2n) is 5.86. The number of aromatic nitrogens is 6. The fraction of sp³-hybridized carbons (Fsp3) is 0.312. The molecule has 3 aromatic heterocycles. The molecule has 3 heterocycles. The summed E-state index contributed by atoms with van der Waals surface area (Å²) in [6.07, 6.45) is 4.37. The van der Waals surface area contributed by atoms with Gasteiger partial charge in [-0.2, -0.15) is 15.3 Å². The molecule has 142 valence electrons. The normalized spacial score (nSPS) is 10.9. The average Bonchev–Trinajstić information content (AvgIpc) is 3.28. The number of halogens is 1. The van der Waals surface area contributed by atoms with Crippen molar-refractivity contribution in [3.05, 3.63) is 40.7 Å². The maximum absolute atomic E-state index is 12.7. The molecular weight excluding hydrogens is 372 g/mol. The molecule has 0 saturated heterocycles. The number of nitrogens with one attached hydrogen (secondary N) is 2. The molecule has 0 aromatic carbocycles. The first-order valence-corrected chi connectivity index (χ1v) is 8.55. The van der Waals surface area contributed by atoms with Gasteiger partial charge in [-0.3, -0.25) is 23.6 Å². The van der Waals surface area contributed by atoms with Crippen molar-refractivity contribution >= 4 is 34.8 Å². The van der Waals surface area contributed by atoms with Crippen molar-refractivity contribution < 1.29 is 9.59 Å².